The van der Waals surface area contributed by atoms with Crippen LogP contribution in [0.4, 0.5) is 0 Å². The van der Waals surface area contributed by atoms with Crippen molar-refractivity contribution in [2.45, 2.75) is 25.0 Å². The van der Waals surface area contributed by atoms with Crippen LogP contribution in [0.1, 0.15) is 30.1 Å². The summed E-state index contributed by atoms with van der Waals surface area (Å²) in [6, 6.07) is 17.9. The lowest BCUT2D eigenvalue weighted by Crippen LogP contribution is -2.40. The average molecular weight is 396 g/mol. The molecule has 1 aliphatic heterocycles. The van der Waals surface area contributed by atoms with Gasteiger partial charge in [0.2, 0.25) is 0 Å². The molecule has 26 heavy (non-hydrogen) atoms. The summed E-state index contributed by atoms with van der Waals surface area (Å²) >= 11 is 6.02. The van der Waals surface area contributed by atoms with Gasteiger partial charge < -0.3 is 9.84 Å². The third kappa shape index (κ3) is 5.71. The predicted molar refractivity (Wildman–Crippen MR) is 105 cm³/mol. The number of aliphatic carboxylic acids is 1. The standard InChI is InChI=1S/C20H22ClNO3.ClH/c21-17-8-6-16(7-9-17)20(15-4-2-1-3-5-15)25-18-10-12-22(13-11-18)14-19(23)24;/h1-9,18,20H,10-14H2,(H,23,24);1H. The van der Waals surface area contributed by atoms with Crippen molar-refractivity contribution in [3.8, 4) is 0 Å². The Labute approximate surface area is 165 Å². The second kappa shape index (κ2) is 9.93. The average Bonchev–Trinajstić information content (AvgIpc) is 2.62. The van der Waals surface area contributed by atoms with Gasteiger partial charge in [-0.2, -0.15) is 0 Å². The topological polar surface area (TPSA) is 49.8 Å². The molecule has 1 atom stereocenters. The number of hydrogen-bond donors (Lipinski definition) is 1. The Kier molecular flexibility index (Phi) is 7.91. The number of halogens is 2. The summed E-state index contributed by atoms with van der Waals surface area (Å²) in [5, 5.41) is 9.62. The fourth-order valence-electron chi connectivity index (χ4n) is 3.20. The molecule has 0 aromatic heterocycles. The van der Waals surface area contributed by atoms with Gasteiger partial charge in [-0.3, -0.25) is 9.69 Å². The van der Waals surface area contributed by atoms with Crippen molar-refractivity contribution in [2.24, 2.45) is 0 Å². The van der Waals surface area contributed by atoms with Crippen molar-refractivity contribution in [3.05, 3.63) is 70.7 Å². The number of carboxylic acids is 1. The Bertz CT molecular complexity index is 686. The van der Waals surface area contributed by atoms with Gasteiger partial charge in [0.1, 0.15) is 6.10 Å². The Morgan fingerprint density at radius 2 is 1.65 bits per heavy atom. The number of likely N-dealkylation sites (tertiary alicyclic amines) is 1. The molecule has 4 nitrogen and oxygen atoms in total. The highest BCUT2D eigenvalue weighted by molar-refractivity contribution is 6.30. The van der Waals surface area contributed by atoms with E-state index in [-0.39, 0.29) is 31.2 Å². The van der Waals surface area contributed by atoms with Crippen LogP contribution in [0.3, 0.4) is 0 Å². The molecule has 2 aromatic rings. The van der Waals surface area contributed by atoms with Gasteiger partial charge in [0.25, 0.3) is 0 Å². The van der Waals surface area contributed by atoms with Gasteiger partial charge >= 0.3 is 5.97 Å². The van der Waals surface area contributed by atoms with E-state index in [0.717, 1.165) is 37.1 Å². The van der Waals surface area contributed by atoms with Gasteiger partial charge in [0.05, 0.1) is 12.6 Å². The van der Waals surface area contributed by atoms with Gasteiger partial charge in [0, 0.05) is 18.1 Å². The van der Waals surface area contributed by atoms with E-state index in [1.807, 2.05) is 47.4 Å². The minimum absolute atomic E-state index is 0. The molecule has 1 fully saturated rings. The van der Waals surface area contributed by atoms with Crippen LogP contribution in [0.15, 0.2) is 54.6 Å². The third-order valence-corrected chi connectivity index (χ3v) is 4.75. The lowest BCUT2D eigenvalue weighted by molar-refractivity contribution is -0.139. The van der Waals surface area contributed by atoms with Gasteiger partial charge in [-0.15, -0.1) is 12.4 Å². The molecule has 0 radical (unpaired) electrons. The second-order valence-electron chi connectivity index (χ2n) is 6.35. The molecular weight excluding hydrogens is 373 g/mol. The highest BCUT2D eigenvalue weighted by Gasteiger charge is 2.25. The molecule has 6 heteroatoms. The zero-order valence-electron chi connectivity index (χ0n) is 14.4. The minimum Gasteiger partial charge on any atom is -0.480 e. The van der Waals surface area contributed by atoms with E-state index in [1.165, 1.54) is 0 Å². The molecule has 0 saturated carbocycles. The molecule has 3 rings (SSSR count). The van der Waals surface area contributed by atoms with Crippen molar-refractivity contribution in [2.75, 3.05) is 19.6 Å². The maximum absolute atomic E-state index is 10.8. The fraction of sp³-hybridized carbons (Fsp3) is 0.350. The van der Waals surface area contributed by atoms with Crippen LogP contribution in [0, 0.1) is 0 Å². The maximum Gasteiger partial charge on any atom is 0.317 e. The number of benzene rings is 2. The van der Waals surface area contributed by atoms with Crippen molar-refractivity contribution in [1.82, 2.24) is 4.90 Å². The highest BCUT2D eigenvalue weighted by Crippen LogP contribution is 2.30. The Morgan fingerprint density at radius 3 is 2.23 bits per heavy atom. The molecule has 1 N–H and O–H groups in total. The molecule has 140 valence electrons. The Morgan fingerprint density at radius 1 is 1.08 bits per heavy atom. The smallest absolute Gasteiger partial charge is 0.317 e. The van der Waals surface area contributed by atoms with Crippen LogP contribution < -0.4 is 0 Å². The van der Waals surface area contributed by atoms with Crippen LogP contribution in [-0.4, -0.2) is 41.7 Å². The molecule has 1 aliphatic rings. The first-order valence-corrected chi connectivity index (χ1v) is 8.89. The molecule has 0 amide bonds. The SMILES string of the molecule is Cl.O=C(O)CN1CCC(OC(c2ccccc2)c2ccc(Cl)cc2)CC1. The van der Waals surface area contributed by atoms with E-state index in [0.29, 0.717) is 5.02 Å². The van der Waals surface area contributed by atoms with E-state index in [4.69, 9.17) is 21.4 Å². The van der Waals surface area contributed by atoms with Gasteiger partial charge in [-0.25, -0.2) is 0 Å². The van der Waals surface area contributed by atoms with Crippen molar-refractivity contribution < 1.29 is 14.6 Å². The van der Waals surface area contributed by atoms with Gasteiger partial charge in [-0.05, 0) is 36.1 Å². The number of rotatable bonds is 6. The predicted octanol–water partition coefficient (Wildman–Crippen LogP) is 4.42. The number of hydrogen-bond acceptors (Lipinski definition) is 3. The van der Waals surface area contributed by atoms with Gasteiger partial charge in [-0.1, -0.05) is 54.1 Å². The van der Waals surface area contributed by atoms with Crippen molar-refractivity contribution in [3.63, 3.8) is 0 Å². The molecule has 1 saturated heterocycles. The molecule has 0 spiro atoms. The number of carbonyl (C=O) groups is 1. The molecule has 0 aliphatic carbocycles. The van der Waals surface area contributed by atoms with Crippen molar-refractivity contribution in [1.29, 1.82) is 0 Å². The summed E-state index contributed by atoms with van der Waals surface area (Å²) in [6.07, 6.45) is 1.65. The summed E-state index contributed by atoms with van der Waals surface area (Å²) in [6.45, 7) is 1.60. The largest absolute Gasteiger partial charge is 0.480 e. The third-order valence-electron chi connectivity index (χ3n) is 4.50. The van der Waals surface area contributed by atoms with E-state index in [9.17, 15) is 4.79 Å². The molecule has 2 aromatic carbocycles. The van der Waals surface area contributed by atoms with Crippen LogP contribution in [0.2, 0.25) is 5.02 Å². The number of piperidine rings is 1. The summed E-state index contributed by atoms with van der Waals surface area (Å²) in [4.78, 5) is 12.8. The number of nitrogens with zero attached hydrogens (tertiary/aromatic N) is 1. The number of carboxylic acid groups (broad SMARTS) is 1. The molecule has 1 unspecified atom stereocenters. The lowest BCUT2D eigenvalue weighted by Gasteiger charge is -2.33. The zero-order valence-corrected chi connectivity index (χ0v) is 16.0. The number of ether oxygens (including phenoxy) is 1. The summed E-state index contributed by atoms with van der Waals surface area (Å²) in [5.74, 6) is -0.775. The maximum atomic E-state index is 10.8. The minimum atomic E-state index is -0.775. The molecule has 0 bridgehead atoms. The van der Waals surface area contributed by atoms with Gasteiger partial charge in [0.15, 0.2) is 0 Å². The normalized spacial score (nSPS) is 16.7. The van der Waals surface area contributed by atoms with E-state index >= 15 is 0 Å². The Balaban J connectivity index is 0.00000243. The first kappa shape index (κ1) is 20.7. The van der Waals surface area contributed by atoms with E-state index < -0.39 is 5.97 Å². The first-order valence-electron chi connectivity index (χ1n) is 8.52. The summed E-state index contributed by atoms with van der Waals surface area (Å²) < 4.78 is 6.44. The monoisotopic (exact) mass is 395 g/mol. The van der Waals surface area contributed by atoms with Crippen LogP contribution >= 0.6 is 24.0 Å². The highest BCUT2D eigenvalue weighted by atomic mass is 35.5. The summed E-state index contributed by atoms with van der Waals surface area (Å²) in [7, 11) is 0. The Hall–Kier alpha value is -1.59. The first-order chi connectivity index (χ1) is 12.1. The quantitative estimate of drug-likeness (QED) is 0.786. The second-order valence-corrected chi connectivity index (χ2v) is 6.78. The molecular formula is C20H23Cl2NO3. The van der Waals surface area contributed by atoms with Crippen LogP contribution in [-0.2, 0) is 9.53 Å². The zero-order chi connectivity index (χ0) is 17.6. The summed E-state index contributed by atoms with van der Waals surface area (Å²) in [5.41, 5.74) is 2.18. The van der Waals surface area contributed by atoms with Crippen LogP contribution in [0.25, 0.3) is 0 Å². The lowest BCUT2D eigenvalue weighted by atomic mass is 10.00. The fourth-order valence-corrected chi connectivity index (χ4v) is 3.33. The molecule has 1 heterocycles. The van der Waals surface area contributed by atoms with Crippen LogP contribution in [0.5, 0.6) is 0 Å². The van der Waals surface area contributed by atoms with Crippen molar-refractivity contribution >= 4 is 30.0 Å². The van der Waals surface area contributed by atoms with E-state index in [1.54, 1.807) is 0 Å². The van der Waals surface area contributed by atoms with E-state index in [2.05, 4.69) is 12.1 Å².